The monoisotopic (exact) mass is 479 g/mol. The van der Waals surface area contributed by atoms with E-state index in [0.717, 1.165) is 0 Å². The molecule has 0 aromatic carbocycles. The van der Waals surface area contributed by atoms with Crippen molar-refractivity contribution in [3.63, 3.8) is 0 Å². The molecule has 0 aliphatic heterocycles. The van der Waals surface area contributed by atoms with Crippen LogP contribution in [-0.4, -0.2) is 34.1 Å². The molecule has 5 nitrogen and oxygen atoms in total. The van der Waals surface area contributed by atoms with Crippen molar-refractivity contribution in [3.05, 3.63) is 6.33 Å². The fraction of sp³-hybridized carbons (Fsp3) is 0. The van der Waals surface area contributed by atoms with Crippen LogP contribution in [0.2, 0.25) is 0 Å². The number of hydrogen-bond donors (Lipinski definition) is 1. The third-order valence-corrected chi connectivity index (χ3v) is 6.45. The standard InChI is InChI=1S/C5H4N5Se.2ClH.Pt/c6-3-2-4(8-1-7-3)10-5(11)9-2;;;/h1H,(H3-,6,7,8,9,10,11);2*1H;/q-1;;;+3/p-2. The Morgan fingerprint density at radius 1 is 1.43 bits per heavy atom. The summed E-state index contributed by atoms with van der Waals surface area (Å²) < 4.78 is 2.37. The van der Waals surface area contributed by atoms with Crippen LogP contribution >= 0.6 is 18.8 Å². The van der Waals surface area contributed by atoms with Gasteiger partial charge in [-0.25, -0.2) is 0 Å². The van der Waals surface area contributed by atoms with Gasteiger partial charge in [0, 0.05) is 0 Å². The Hall–Kier alpha value is 0.138. The number of rotatable bonds is 1. The number of anilines is 1. The van der Waals surface area contributed by atoms with Gasteiger partial charge in [-0.3, -0.25) is 0 Å². The first-order valence-corrected chi connectivity index (χ1v) is 10.8. The van der Waals surface area contributed by atoms with E-state index in [1.54, 1.807) is 3.13 Å². The fourth-order valence-corrected chi connectivity index (χ4v) is 6.63. The molecule has 0 aliphatic rings. The molecule has 2 heterocycles. The van der Waals surface area contributed by atoms with Gasteiger partial charge in [0.1, 0.15) is 0 Å². The molecular formula is C5H4Cl2N5PtSe. The predicted octanol–water partition coefficient (Wildman–Crippen LogP) is -0.377. The molecule has 0 amide bonds. The van der Waals surface area contributed by atoms with Gasteiger partial charge >= 0.3 is 102 Å². The van der Waals surface area contributed by atoms with Crippen molar-refractivity contribution in [1.29, 1.82) is 0 Å². The summed E-state index contributed by atoms with van der Waals surface area (Å²) in [4.78, 5) is 12.1. The Bertz CT molecular complexity index is 486. The number of nitrogen functional groups attached to an aromatic ring is 1. The second-order valence-corrected chi connectivity index (χ2v) is 9.90. The summed E-state index contributed by atoms with van der Waals surface area (Å²) in [6, 6.07) is 0. The van der Waals surface area contributed by atoms with E-state index in [4.69, 9.17) is 24.6 Å². The van der Waals surface area contributed by atoms with Gasteiger partial charge < -0.3 is 0 Å². The summed E-state index contributed by atoms with van der Waals surface area (Å²) in [6.07, 6.45) is 1.37. The number of fused-ring (bicyclic) bond motifs is 1. The average Bonchev–Trinajstić information content (AvgIpc) is 2.42. The van der Waals surface area contributed by atoms with Gasteiger partial charge in [-0.05, 0) is 0 Å². The number of halogens is 2. The Balaban J connectivity index is 2.83. The number of hydrogen-bond acceptors (Lipinski definition) is 4. The van der Waals surface area contributed by atoms with Crippen LogP contribution in [-0.2, 0) is 15.5 Å². The first kappa shape index (κ1) is 10.6. The topological polar surface area (TPSA) is 69.6 Å². The van der Waals surface area contributed by atoms with Crippen LogP contribution in [0.1, 0.15) is 0 Å². The van der Waals surface area contributed by atoms with Crippen LogP contribution in [0.4, 0.5) is 5.82 Å². The number of nitrogens with zero attached hydrogens (tertiary/aromatic N) is 4. The maximum atomic E-state index is 5.92. The van der Waals surface area contributed by atoms with Crippen LogP contribution in [0.3, 0.4) is 0 Å². The van der Waals surface area contributed by atoms with E-state index >= 15 is 0 Å². The van der Waals surface area contributed by atoms with Gasteiger partial charge in [-0.15, -0.1) is 0 Å². The van der Waals surface area contributed by atoms with E-state index in [2.05, 4.69) is 31.0 Å². The molecular weight excluding hydrogens is 475 g/mol. The minimum absolute atomic E-state index is 0.340. The Morgan fingerprint density at radius 3 is 2.79 bits per heavy atom. The zero-order valence-electron chi connectivity index (χ0n) is 6.46. The molecule has 0 unspecified atom stereocenters. The van der Waals surface area contributed by atoms with Gasteiger partial charge in [0.2, 0.25) is 0 Å². The Morgan fingerprint density at radius 2 is 2.14 bits per heavy atom. The summed E-state index contributed by atoms with van der Waals surface area (Å²) in [7, 11) is 11.8. The SMILES string of the molecule is Nc1ncnc2c1nc([SeH])[n]2[Pt]([Cl])[Cl]. The van der Waals surface area contributed by atoms with Gasteiger partial charge in [0.05, 0.1) is 0 Å². The molecule has 2 rings (SSSR count). The van der Waals surface area contributed by atoms with Gasteiger partial charge in [0.25, 0.3) is 0 Å². The van der Waals surface area contributed by atoms with E-state index in [0.29, 0.717) is 21.7 Å². The Labute approximate surface area is 102 Å². The normalized spacial score (nSPS) is 12.1. The van der Waals surface area contributed by atoms with Crippen LogP contribution in [0.25, 0.3) is 11.2 Å². The summed E-state index contributed by atoms with van der Waals surface area (Å²) in [5.74, 6) is 0.340. The van der Waals surface area contributed by atoms with Crippen molar-refractivity contribution in [3.8, 4) is 0 Å². The fourth-order valence-electron chi connectivity index (χ4n) is 0.957. The minimum atomic E-state index is -2.23. The third-order valence-electron chi connectivity index (χ3n) is 1.49. The van der Waals surface area contributed by atoms with E-state index in [1.165, 1.54) is 6.33 Å². The average molecular weight is 479 g/mol. The van der Waals surface area contributed by atoms with Crippen LogP contribution in [0.5, 0.6) is 0 Å². The van der Waals surface area contributed by atoms with Crippen LogP contribution < -0.4 is 10.5 Å². The summed E-state index contributed by atoms with van der Waals surface area (Å²) >= 11 is 0.0641. The van der Waals surface area contributed by atoms with Crippen molar-refractivity contribution in [2.24, 2.45) is 0 Å². The van der Waals surface area contributed by atoms with E-state index < -0.39 is 15.5 Å². The molecule has 2 aromatic heterocycles. The molecule has 0 atom stereocenters. The second kappa shape index (κ2) is 3.95. The van der Waals surface area contributed by atoms with Crippen molar-refractivity contribution >= 4 is 56.6 Å². The van der Waals surface area contributed by atoms with E-state index in [-0.39, 0.29) is 0 Å². The van der Waals surface area contributed by atoms with Crippen molar-refractivity contribution < 1.29 is 15.5 Å². The van der Waals surface area contributed by atoms with Crippen molar-refractivity contribution in [2.45, 2.75) is 0 Å². The van der Waals surface area contributed by atoms with Crippen molar-refractivity contribution in [2.75, 3.05) is 5.73 Å². The summed E-state index contributed by atoms with van der Waals surface area (Å²) in [5.41, 5.74) is 6.78. The quantitative estimate of drug-likeness (QED) is 0.567. The molecule has 14 heavy (non-hydrogen) atoms. The molecule has 79 valence electrons. The third kappa shape index (κ3) is 1.66. The first-order valence-electron chi connectivity index (χ1n) is 3.25. The summed E-state index contributed by atoms with van der Waals surface area (Å²) in [6.45, 7) is 0. The molecule has 0 aliphatic carbocycles. The Kier molecular flexibility index (Phi) is 3.00. The molecule has 2 aromatic rings. The molecule has 0 saturated heterocycles. The predicted molar refractivity (Wildman–Crippen MR) is 53.6 cm³/mol. The van der Waals surface area contributed by atoms with Gasteiger partial charge in [-0.2, -0.15) is 0 Å². The van der Waals surface area contributed by atoms with Gasteiger partial charge in [-0.1, -0.05) is 0 Å². The second-order valence-electron chi connectivity index (χ2n) is 2.25. The molecule has 9 heteroatoms. The van der Waals surface area contributed by atoms with E-state index in [9.17, 15) is 0 Å². The molecule has 0 bridgehead atoms. The number of nitrogens with two attached hydrogens (primary N) is 1. The van der Waals surface area contributed by atoms with Crippen LogP contribution in [0, 0.1) is 0 Å². The van der Waals surface area contributed by atoms with Gasteiger partial charge in [0.15, 0.2) is 0 Å². The molecule has 2 N–H and O–H groups in total. The molecule has 0 spiro atoms. The molecule has 0 fully saturated rings. The maximum absolute atomic E-state index is 5.92. The first-order chi connectivity index (χ1) is 6.61. The number of aromatic nitrogens is 4. The summed E-state index contributed by atoms with van der Waals surface area (Å²) in [5, 5.41) is 0. The number of imidazole rings is 1. The van der Waals surface area contributed by atoms with E-state index in [1.807, 2.05) is 0 Å². The molecule has 0 saturated carbocycles. The zero-order chi connectivity index (χ0) is 10.3. The van der Waals surface area contributed by atoms with Crippen molar-refractivity contribution in [1.82, 2.24) is 18.1 Å². The van der Waals surface area contributed by atoms with Crippen LogP contribution in [0.15, 0.2) is 6.33 Å². The molecule has 0 radical (unpaired) electrons. The zero-order valence-corrected chi connectivity index (χ0v) is 12.1.